The van der Waals surface area contributed by atoms with Gasteiger partial charge in [-0.25, -0.2) is 0 Å². The molecule has 3 heterocycles. The molecule has 186 valence electrons. The molecule has 2 aromatic heterocycles. The third-order valence-electron chi connectivity index (χ3n) is 5.06. The van der Waals surface area contributed by atoms with E-state index < -0.39 is 0 Å². The Hall–Kier alpha value is -3.41. The van der Waals surface area contributed by atoms with Gasteiger partial charge in [-0.1, -0.05) is 22.0 Å². The molecule has 36 heavy (non-hydrogen) atoms. The number of benzene rings is 1. The van der Waals surface area contributed by atoms with E-state index in [2.05, 4.69) is 31.2 Å². The molecule has 1 fully saturated rings. The average molecular weight is 571 g/mol. The number of pyridine rings is 2. The Labute approximate surface area is 221 Å². The van der Waals surface area contributed by atoms with E-state index in [1.807, 2.05) is 24.3 Å². The minimum absolute atomic E-state index is 0.0331. The van der Waals surface area contributed by atoms with Crippen LogP contribution in [0.1, 0.15) is 16.8 Å². The summed E-state index contributed by atoms with van der Waals surface area (Å²) >= 11 is 4.40. The van der Waals surface area contributed by atoms with Crippen LogP contribution in [0.25, 0.3) is 6.08 Å². The Morgan fingerprint density at radius 3 is 2.69 bits per heavy atom. The first-order chi connectivity index (χ1) is 17.4. The molecule has 4 rings (SSSR count). The van der Waals surface area contributed by atoms with Crippen LogP contribution in [0.5, 0.6) is 11.5 Å². The number of carbonyl (C=O) groups excluding carboxylic acids is 2. The zero-order valence-electron chi connectivity index (χ0n) is 19.6. The highest BCUT2D eigenvalue weighted by Crippen LogP contribution is 2.38. The van der Waals surface area contributed by atoms with Crippen molar-refractivity contribution < 1.29 is 23.8 Å². The van der Waals surface area contributed by atoms with Crippen molar-refractivity contribution in [2.75, 3.05) is 26.3 Å². The van der Waals surface area contributed by atoms with Crippen molar-refractivity contribution >= 4 is 50.6 Å². The number of halogens is 1. The Morgan fingerprint density at radius 1 is 1.14 bits per heavy atom. The Morgan fingerprint density at radius 2 is 1.97 bits per heavy atom. The van der Waals surface area contributed by atoms with Crippen molar-refractivity contribution in [2.24, 2.45) is 0 Å². The Balaban J connectivity index is 1.52. The zero-order valence-corrected chi connectivity index (χ0v) is 22.0. The van der Waals surface area contributed by atoms with Gasteiger partial charge < -0.3 is 19.5 Å². The molecule has 0 unspecified atom stereocenters. The van der Waals surface area contributed by atoms with Crippen LogP contribution in [0, 0.1) is 0 Å². The van der Waals surface area contributed by atoms with E-state index in [0.29, 0.717) is 33.0 Å². The highest BCUT2D eigenvalue weighted by atomic mass is 79.9. The van der Waals surface area contributed by atoms with Gasteiger partial charge in [0.1, 0.15) is 6.61 Å². The summed E-state index contributed by atoms with van der Waals surface area (Å²) in [5, 5.41) is 2.99. The molecule has 9 nitrogen and oxygen atoms in total. The number of nitrogens with one attached hydrogen (secondary N) is 1. The van der Waals surface area contributed by atoms with Gasteiger partial charge >= 0.3 is 0 Å². The van der Waals surface area contributed by atoms with Crippen molar-refractivity contribution in [1.29, 1.82) is 0 Å². The summed E-state index contributed by atoms with van der Waals surface area (Å²) in [6.45, 7) is 0.828. The monoisotopic (exact) mass is 570 g/mol. The van der Waals surface area contributed by atoms with E-state index in [4.69, 9.17) is 14.2 Å². The number of methoxy groups -OCH3 is 1. The van der Waals surface area contributed by atoms with E-state index >= 15 is 0 Å². The lowest BCUT2D eigenvalue weighted by Gasteiger charge is -2.15. The molecule has 0 radical (unpaired) electrons. The second-order valence-electron chi connectivity index (χ2n) is 7.66. The van der Waals surface area contributed by atoms with Gasteiger partial charge in [0.2, 0.25) is 0 Å². The number of anilines is 1. The summed E-state index contributed by atoms with van der Waals surface area (Å²) in [5.74, 6) is 0.561. The van der Waals surface area contributed by atoms with Crippen LogP contribution in [0.3, 0.4) is 0 Å². The van der Waals surface area contributed by atoms with Gasteiger partial charge in [-0.3, -0.25) is 24.5 Å². The number of carbonyl (C=O) groups is 2. The topological polar surface area (TPSA) is 103 Å². The van der Waals surface area contributed by atoms with E-state index in [1.54, 1.807) is 36.8 Å². The molecular formula is C25H23BrN4O5S. The summed E-state index contributed by atoms with van der Waals surface area (Å²) in [5.41, 5.74) is 3.26. The van der Waals surface area contributed by atoms with Gasteiger partial charge in [-0.2, -0.15) is 0 Å². The number of thioether (sulfide) groups is 1. The maximum absolute atomic E-state index is 12.3. The zero-order chi connectivity index (χ0) is 25.5. The van der Waals surface area contributed by atoms with Gasteiger partial charge in [0.25, 0.3) is 11.1 Å². The maximum Gasteiger partial charge on any atom is 0.293 e. The fourth-order valence-electron chi connectivity index (χ4n) is 3.22. The van der Waals surface area contributed by atoms with Gasteiger partial charge in [0.05, 0.1) is 22.8 Å². The summed E-state index contributed by atoms with van der Waals surface area (Å²) in [6, 6.07) is 11.2. The number of hydrogen-bond donors (Lipinski definition) is 1. The van der Waals surface area contributed by atoms with Crippen LogP contribution in [0.15, 0.2) is 64.4 Å². The first-order valence-corrected chi connectivity index (χ1v) is 12.4. The van der Waals surface area contributed by atoms with Crippen LogP contribution in [-0.4, -0.2) is 47.0 Å². The standard InChI is InChI=1S/C25H23BrN4O5S/c1-30-24(31)23(36-25(30)32)9-17-8-21(22(10-20(17)26)35-15-33-2)34-14-16-7-19(12-27-11-16)29-13-18-5-3-4-6-28-18/h3-12,29H,13-15H2,1-2H3/b23-9-. The smallest absolute Gasteiger partial charge is 0.293 e. The number of ether oxygens (including phenoxy) is 3. The molecule has 1 N–H and O–H groups in total. The minimum Gasteiger partial charge on any atom is -0.485 e. The van der Waals surface area contributed by atoms with E-state index in [0.717, 1.165) is 33.6 Å². The van der Waals surface area contributed by atoms with Crippen molar-refractivity contribution in [3.8, 4) is 11.5 Å². The molecule has 3 aromatic rings. The van der Waals surface area contributed by atoms with Crippen molar-refractivity contribution in [3.05, 3.63) is 81.2 Å². The molecule has 1 saturated heterocycles. The third-order valence-corrected chi connectivity index (χ3v) is 6.71. The molecule has 0 saturated carbocycles. The highest BCUT2D eigenvalue weighted by Gasteiger charge is 2.32. The van der Waals surface area contributed by atoms with E-state index in [-0.39, 0.29) is 24.5 Å². The van der Waals surface area contributed by atoms with Crippen LogP contribution in [0.4, 0.5) is 10.5 Å². The van der Waals surface area contributed by atoms with Crippen molar-refractivity contribution in [2.45, 2.75) is 13.2 Å². The number of imide groups is 1. The molecule has 11 heteroatoms. The second-order valence-corrected chi connectivity index (χ2v) is 9.50. The Bertz CT molecular complexity index is 1290. The van der Waals surface area contributed by atoms with Gasteiger partial charge in [0.15, 0.2) is 18.3 Å². The Kier molecular flexibility index (Phi) is 8.57. The van der Waals surface area contributed by atoms with E-state index in [1.165, 1.54) is 14.2 Å². The summed E-state index contributed by atoms with van der Waals surface area (Å²) in [4.78, 5) is 34.2. The van der Waals surface area contributed by atoms with Crippen LogP contribution < -0.4 is 14.8 Å². The molecular weight excluding hydrogens is 548 g/mol. The number of amides is 2. The quantitative estimate of drug-likeness (QED) is 0.264. The lowest BCUT2D eigenvalue weighted by molar-refractivity contribution is -0.121. The molecule has 0 spiro atoms. The number of rotatable bonds is 10. The predicted octanol–water partition coefficient (Wildman–Crippen LogP) is 5.08. The molecule has 2 amide bonds. The molecule has 0 aliphatic carbocycles. The summed E-state index contributed by atoms with van der Waals surface area (Å²) in [6.07, 6.45) is 6.86. The second kappa shape index (κ2) is 12.0. The van der Waals surface area contributed by atoms with Crippen molar-refractivity contribution in [3.63, 3.8) is 0 Å². The number of aromatic nitrogens is 2. The normalized spacial score (nSPS) is 14.4. The average Bonchev–Trinajstić information content (AvgIpc) is 3.13. The highest BCUT2D eigenvalue weighted by molar-refractivity contribution is 9.10. The maximum atomic E-state index is 12.3. The SMILES string of the molecule is COCOc1cc(Br)c(/C=C2\SC(=O)N(C)C2=O)cc1OCc1cncc(NCc2ccccn2)c1. The summed E-state index contributed by atoms with van der Waals surface area (Å²) in [7, 11) is 2.98. The van der Waals surface area contributed by atoms with Gasteiger partial charge in [0, 0.05) is 42.8 Å². The van der Waals surface area contributed by atoms with Crippen LogP contribution in [-0.2, 0) is 22.7 Å². The lowest BCUT2D eigenvalue weighted by Crippen LogP contribution is -2.22. The fourth-order valence-corrected chi connectivity index (χ4v) is 4.47. The largest absolute Gasteiger partial charge is 0.485 e. The first-order valence-electron chi connectivity index (χ1n) is 10.8. The van der Waals surface area contributed by atoms with Crippen LogP contribution in [0.2, 0.25) is 0 Å². The van der Waals surface area contributed by atoms with Gasteiger partial charge in [-0.15, -0.1) is 0 Å². The minimum atomic E-state index is -0.347. The lowest BCUT2D eigenvalue weighted by atomic mass is 10.1. The molecule has 1 aromatic carbocycles. The predicted molar refractivity (Wildman–Crippen MR) is 141 cm³/mol. The third kappa shape index (κ3) is 6.42. The molecule has 1 aliphatic heterocycles. The number of hydrogen-bond acceptors (Lipinski definition) is 9. The van der Waals surface area contributed by atoms with Crippen molar-refractivity contribution in [1.82, 2.24) is 14.9 Å². The van der Waals surface area contributed by atoms with Crippen LogP contribution >= 0.6 is 27.7 Å². The molecule has 0 atom stereocenters. The first kappa shape index (κ1) is 25.7. The van der Waals surface area contributed by atoms with Gasteiger partial charge in [-0.05, 0) is 53.7 Å². The molecule has 1 aliphatic rings. The number of likely N-dealkylation sites (N-methyl/N-ethyl adjacent to an activating group) is 1. The number of nitrogens with zero attached hydrogens (tertiary/aromatic N) is 3. The fraction of sp³-hybridized carbons (Fsp3) is 0.200. The molecule has 0 bridgehead atoms. The van der Waals surface area contributed by atoms with E-state index in [9.17, 15) is 9.59 Å². The summed E-state index contributed by atoms with van der Waals surface area (Å²) < 4.78 is 17.5.